The Bertz CT molecular complexity index is 456. The van der Waals surface area contributed by atoms with Gasteiger partial charge in [-0.25, -0.2) is 0 Å². The molecule has 0 radical (unpaired) electrons. The molecule has 1 aromatic carbocycles. The second-order valence-corrected chi connectivity index (χ2v) is 5.21. The van der Waals surface area contributed by atoms with E-state index in [2.05, 4.69) is 13.0 Å². The summed E-state index contributed by atoms with van der Waals surface area (Å²) < 4.78 is 5.40. The van der Waals surface area contributed by atoms with Crippen LogP contribution in [0.15, 0.2) is 6.07 Å². The van der Waals surface area contributed by atoms with Gasteiger partial charge < -0.3 is 4.74 Å². The van der Waals surface area contributed by atoms with E-state index in [1.807, 2.05) is 27.7 Å². The Hall–Kier alpha value is -1.31. The van der Waals surface area contributed by atoms with Crippen molar-refractivity contribution in [1.82, 2.24) is 0 Å². The van der Waals surface area contributed by atoms with Gasteiger partial charge in [-0.15, -0.1) is 0 Å². The molecule has 0 aliphatic rings. The van der Waals surface area contributed by atoms with Crippen LogP contribution in [0.5, 0.6) is 5.75 Å². The molecule has 17 heavy (non-hydrogen) atoms. The van der Waals surface area contributed by atoms with Gasteiger partial charge in [-0.3, -0.25) is 4.79 Å². The fourth-order valence-corrected chi connectivity index (χ4v) is 2.21. The molecule has 0 aliphatic carbocycles. The number of ether oxygens (including phenoxy) is 1. The van der Waals surface area contributed by atoms with Crippen molar-refractivity contribution in [2.75, 3.05) is 7.11 Å². The summed E-state index contributed by atoms with van der Waals surface area (Å²) >= 11 is 0. The lowest BCUT2D eigenvalue weighted by atomic mass is 9.77. The molecule has 0 unspecified atom stereocenters. The standard InChI is InChI=1S/C15H22O2/c1-9-8-13(15(5,6)12(4)16)10(2)11(3)14(9)17-7/h8H,1-7H3. The zero-order chi connectivity index (χ0) is 13.4. The van der Waals surface area contributed by atoms with Gasteiger partial charge in [-0.2, -0.15) is 0 Å². The number of benzene rings is 1. The van der Waals surface area contributed by atoms with E-state index in [1.165, 1.54) is 0 Å². The van der Waals surface area contributed by atoms with Crippen molar-refractivity contribution in [3.05, 3.63) is 28.3 Å². The largest absolute Gasteiger partial charge is 0.496 e. The minimum atomic E-state index is -0.439. The number of ketones is 1. The average Bonchev–Trinajstić information content (AvgIpc) is 2.23. The Morgan fingerprint density at radius 2 is 1.71 bits per heavy atom. The van der Waals surface area contributed by atoms with E-state index in [0.717, 1.165) is 28.0 Å². The molecule has 0 saturated carbocycles. The van der Waals surface area contributed by atoms with Crippen LogP contribution in [-0.4, -0.2) is 12.9 Å². The SMILES string of the molecule is COc1c(C)cc(C(C)(C)C(C)=O)c(C)c1C. The third-order valence-corrected chi connectivity index (χ3v) is 3.78. The van der Waals surface area contributed by atoms with Crippen LogP contribution in [0.4, 0.5) is 0 Å². The highest BCUT2D eigenvalue weighted by atomic mass is 16.5. The zero-order valence-corrected chi connectivity index (χ0v) is 11.9. The number of rotatable bonds is 3. The summed E-state index contributed by atoms with van der Waals surface area (Å²) in [5, 5.41) is 0. The number of hydrogen-bond acceptors (Lipinski definition) is 2. The number of aryl methyl sites for hydroxylation is 1. The molecule has 0 N–H and O–H groups in total. The van der Waals surface area contributed by atoms with Gasteiger partial charge in [0.15, 0.2) is 0 Å². The van der Waals surface area contributed by atoms with Crippen LogP contribution in [0.1, 0.15) is 43.0 Å². The molecule has 2 nitrogen and oxygen atoms in total. The van der Waals surface area contributed by atoms with E-state index in [1.54, 1.807) is 14.0 Å². The van der Waals surface area contributed by atoms with Crippen LogP contribution in [0.25, 0.3) is 0 Å². The number of Topliss-reactive ketones (excluding diaryl/α,β-unsaturated/α-hetero) is 1. The van der Waals surface area contributed by atoms with Crippen LogP contribution in [0.2, 0.25) is 0 Å². The molecule has 1 aromatic rings. The zero-order valence-electron chi connectivity index (χ0n) is 11.9. The number of hydrogen-bond donors (Lipinski definition) is 0. The minimum absolute atomic E-state index is 0.185. The lowest BCUT2D eigenvalue weighted by Gasteiger charge is -2.26. The molecule has 0 fully saturated rings. The Morgan fingerprint density at radius 3 is 2.12 bits per heavy atom. The molecule has 0 bridgehead atoms. The maximum Gasteiger partial charge on any atom is 0.139 e. The van der Waals surface area contributed by atoms with E-state index < -0.39 is 5.41 Å². The first-order chi connectivity index (χ1) is 7.73. The smallest absolute Gasteiger partial charge is 0.139 e. The van der Waals surface area contributed by atoms with Gasteiger partial charge in [0.2, 0.25) is 0 Å². The van der Waals surface area contributed by atoms with Crippen molar-refractivity contribution < 1.29 is 9.53 Å². The van der Waals surface area contributed by atoms with Gasteiger partial charge in [-0.1, -0.05) is 6.07 Å². The lowest BCUT2D eigenvalue weighted by molar-refractivity contribution is -0.121. The van der Waals surface area contributed by atoms with Crippen molar-refractivity contribution in [2.45, 2.75) is 47.0 Å². The summed E-state index contributed by atoms with van der Waals surface area (Å²) in [7, 11) is 1.69. The Kier molecular flexibility index (Phi) is 3.65. The molecule has 0 amide bonds. The maximum atomic E-state index is 11.8. The fourth-order valence-electron chi connectivity index (χ4n) is 2.21. The van der Waals surface area contributed by atoms with Crippen molar-refractivity contribution in [3.8, 4) is 5.75 Å². The lowest BCUT2D eigenvalue weighted by Crippen LogP contribution is -2.28. The Balaban J connectivity index is 3.53. The van der Waals surface area contributed by atoms with Gasteiger partial charge in [-0.05, 0) is 63.8 Å². The summed E-state index contributed by atoms with van der Waals surface area (Å²) in [5.41, 5.74) is 4.01. The first-order valence-corrected chi connectivity index (χ1v) is 5.89. The predicted octanol–water partition coefficient (Wildman–Crippen LogP) is 3.49. The summed E-state index contributed by atoms with van der Waals surface area (Å²) in [4.78, 5) is 11.8. The van der Waals surface area contributed by atoms with Crippen LogP contribution in [0, 0.1) is 20.8 Å². The van der Waals surface area contributed by atoms with E-state index in [9.17, 15) is 4.79 Å². The normalized spacial score (nSPS) is 11.5. The van der Waals surface area contributed by atoms with E-state index in [0.29, 0.717) is 0 Å². The molecule has 0 saturated heterocycles. The molecule has 94 valence electrons. The highest BCUT2D eigenvalue weighted by molar-refractivity contribution is 5.87. The second kappa shape index (κ2) is 4.52. The maximum absolute atomic E-state index is 11.8. The summed E-state index contributed by atoms with van der Waals surface area (Å²) in [6.45, 7) is 11.7. The predicted molar refractivity (Wildman–Crippen MR) is 70.9 cm³/mol. The molecular weight excluding hydrogens is 212 g/mol. The average molecular weight is 234 g/mol. The Morgan fingerprint density at radius 1 is 1.18 bits per heavy atom. The second-order valence-electron chi connectivity index (χ2n) is 5.21. The third kappa shape index (κ3) is 2.21. The van der Waals surface area contributed by atoms with Crippen LogP contribution < -0.4 is 4.74 Å². The topological polar surface area (TPSA) is 26.3 Å². The first kappa shape index (κ1) is 13.8. The molecule has 1 rings (SSSR count). The molecule has 0 atom stereocenters. The molecular formula is C15H22O2. The number of carbonyl (C=O) groups excluding carboxylic acids is 1. The highest BCUT2D eigenvalue weighted by Gasteiger charge is 2.29. The van der Waals surface area contributed by atoms with Gasteiger partial charge in [0.05, 0.1) is 7.11 Å². The van der Waals surface area contributed by atoms with Crippen LogP contribution >= 0.6 is 0 Å². The summed E-state index contributed by atoms with van der Waals surface area (Å²) in [5.74, 6) is 1.11. The minimum Gasteiger partial charge on any atom is -0.496 e. The molecule has 0 spiro atoms. The summed E-state index contributed by atoms with van der Waals surface area (Å²) in [6.07, 6.45) is 0. The van der Waals surface area contributed by atoms with Crippen LogP contribution in [-0.2, 0) is 10.2 Å². The Labute approximate surface area is 104 Å². The number of methoxy groups -OCH3 is 1. The highest BCUT2D eigenvalue weighted by Crippen LogP contribution is 2.35. The van der Waals surface area contributed by atoms with E-state index in [-0.39, 0.29) is 5.78 Å². The van der Waals surface area contributed by atoms with E-state index in [4.69, 9.17) is 4.74 Å². The first-order valence-electron chi connectivity index (χ1n) is 5.89. The molecule has 0 heterocycles. The quantitative estimate of drug-likeness (QED) is 0.800. The van der Waals surface area contributed by atoms with Crippen LogP contribution in [0.3, 0.4) is 0 Å². The van der Waals surface area contributed by atoms with Crippen molar-refractivity contribution in [3.63, 3.8) is 0 Å². The number of carbonyl (C=O) groups is 1. The van der Waals surface area contributed by atoms with E-state index >= 15 is 0 Å². The van der Waals surface area contributed by atoms with Gasteiger partial charge in [0.25, 0.3) is 0 Å². The fraction of sp³-hybridized carbons (Fsp3) is 0.533. The van der Waals surface area contributed by atoms with Crippen molar-refractivity contribution in [1.29, 1.82) is 0 Å². The van der Waals surface area contributed by atoms with Crippen molar-refractivity contribution >= 4 is 5.78 Å². The monoisotopic (exact) mass is 234 g/mol. The van der Waals surface area contributed by atoms with Crippen molar-refractivity contribution in [2.24, 2.45) is 0 Å². The molecule has 0 aliphatic heterocycles. The molecule has 0 aromatic heterocycles. The molecule has 2 heteroatoms. The summed E-state index contributed by atoms with van der Waals surface area (Å²) in [6, 6.07) is 2.07. The third-order valence-electron chi connectivity index (χ3n) is 3.78. The van der Waals surface area contributed by atoms with Gasteiger partial charge in [0.1, 0.15) is 11.5 Å². The van der Waals surface area contributed by atoms with Gasteiger partial charge in [0, 0.05) is 5.41 Å². The van der Waals surface area contributed by atoms with Gasteiger partial charge >= 0.3 is 0 Å².